The maximum Gasteiger partial charge on any atom is 0.268 e. The summed E-state index contributed by atoms with van der Waals surface area (Å²) in [6, 6.07) is 21.2. The molecular weight excluding hydrogens is 434 g/mol. The monoisotopic (exact) mass is 459 g/mol. The number of ketones is 1. The number of anilines is 1. The summed E-state index contributed by atoms with van der Waals surface area (Å²) in [6.07, 6.45) is 3.45. The number of ether oxygens (including phenoxy) is 1. The summed E-state index contributed by atoms with van der Waals surface area (Å²) < 4.78 is 33.6. The molecule has 1 aliphatic carbocycles. The molecule has 3 aromatic rings. The highest BCUT2D eigenvalue weighted by atomic mass is 32.2. The van der Waals surface area contributed by atoms with Crippen LogP contribution in [0.2, 0.25) is 0 Å². The predicted molar refractivity (Wildman–Crippen MR) is 131 cm³/mol. The Bertz CT molecular complexity index is 1330. The number of nitrogens with zero attached hydrogens (tertiary/aromatic N) is 1. The lowest BCUT2D eigenvalue weighted by Crippen LogP contribution is -2.26. The molecule has 0 saturated heterocycles. The molecule has 0 amide bonds. The molecule has 0 aliphatic heterocycles. The van der Waals surface area contributed by atoms with E-state index in [9.17, 15) is 13.2 Å². The lowest BCUT2D eigenvalue weighted by molar-refractivity contribution is -0.112. The summed E-state index contributed by atoms with van der Waals surface area (Å²) in [5.41, 5.74) is 4.57. The quantitative estimate of drug-likeness (QED) is 0.492. The Kier molecular flexibility index (Phi) is 6.20. The van der Waals surface area contributed by atoms with Gasteiger partial charge in [0.15, 0.2) is 5.78 Å². The zero-order chi connectivity index (χ0) is 23.6. The molecule has 168 valence electrons. The van der Waals surface area contributed by atoms with Gasteiger partial charge in [-0.1, -0.05) is 47.5 Å². The van der Waals surface area contributed by atoms with Crippen LogP contribution >= 0.6 is 0 Å². The lowest BCUT2D eigenvalue weighted by Gasteiger charge is -2.22. The fourth-order valence-corrected chi connectivity index (χ4v) is 5.02. The number of sulfonamides is 1. The molecule has 0 spiro atoms. The van der Waals surface area contributed by atoms with Gasteiger partial charge in [-0.25, -0.2) is 12.7 Å². The van der Waals surface area contributed by atoms with Crippen LogP contribution in [0.1, 0.15) is 23.1 Å². The van der Waals surface area contributed by atoms with Crippen LogP contribution < -0.4 is 9.04 Å². The Balaban J connectivity index is 1.79. The molecular formula is C27H25NO4S. The van der Waals surface area contributed by atoms with E-state index in [1.807, 2.05) is 38.1 Å². The average molecular weight is 460 g/mol. The maximum absolute atomic E-state index is 13.6. The molecule has 33 heavy (non-hydrogen) atoms. The number of carbonyl (C=O) groups excluding carboxylic acids is 1. The number of methoxy groups -OCH3 is 1. The van der Waals surface area contributed by atoms with Gasteiger partial charge in [-0.05, 0) is 67.5 Å². The number of Topliss-reactive ketones (excluding diaryl/α,β-unsaturated/α-hetero) is 1. The molecule has 3 aromatic carbocycles. The number of benzene rings is 3. The number of hydrogen-bond donors (Lipinski definition) is 0. The van der Waals surface area contributed by atoms with E-state index in [0.717, 1.165) is 16.7 Å². The number of aryl methyl sites for hydroxylation is 2. The molecule has 0 aromatic heterocycles. The minimum Gasteiger partial charge on any atom is -0.497 e. The van der Waals surface area contributed by atoms with Gasteiger partial charge < -0.3 is 4.74 Å². The largest absolute Gasteiger partial charge is 0.497 e. The fraction of sp³-hybridized carbons (Fsp3) is 0.148. The number of rotatable bonds is 6. The number of hydrogen-bond acceptors (Lipinski definition) is 4. The summed E-state index contributed by atoms with van der Waals surface area (Å²) in [5, 5.41) is 0. The normalized spacial score (nSPS) is 14.9. The van der Waals surface area contributed by atoms with Gasteiger partial charge in [0, 0.05) is 18.2 Å². The third kappa shape index (κ3) is 4.76. The van der Waals surface area contributed by atoms with Crippen molar-refractivity contribution < 1.29 is 17.9 Å². The zero-order valence-electron chi connectivity index (χ0n) is 18.8. The molecule has 0 radical (unpaired) electrons. The van der Waals surface area contributed by atoms with E-state index >= 15 is 0 Å². The van der Waals surface area contributed by atoms with Gasteiger partial charge in [0.1, 0.15) is 5.75 Å². The Labute approximate surface area is 194 Å². The van der Waals surface area contributed by atoms with Crippen molar-refractivity contribution in [3.63, 3.8) is 0 Å². The number of allylic oxidation sites excluding steroid dienone is 3. The van der Waals surface area contributed by atoms with Crippen molar-refractivity contribution in [2.24, 2.45) is 0 Å². The summed E-state index contributed by atoms with van der Waals surface area (Å²) in [4.78, 5) is 12.9. The SMILES string of the molecule is COc1ccc(N(/C=C2/C=C(c3ccc(C)cc3)C(=O)C2)S(=O)(=O)c2ccc(C)cc2)cc1. The Morgan fingerprint density at radius 2 is 1.42 bits per heavy atom. The van der Waals surface area contributed by atoms with Crippen LogP contribution in [0.4, 0.5) is 5.69 Å². The first-order chi connectivity index (χ1) is 15.8. The third-order valence-electron chi connectivity index (χ3n) is 5.55. The van der Waals surface area contributed by atoms with Crippen LogP contribution in [0.5, 0.6) is 5.75 Å². The molecule has 0 unspecified atom stereocenters. The van der Waals surface area contributed by atoms with Gasteiger partial charge in [-0.15, -0.1) is 0 Å². The summed E-state index contributed by atoms with van der Waals surface area (Å²) in [6.45, 7) is 3.89. The lowest BCUT2D eigenvalue weighted by atomic mass is 10.0. The first-order valence-electron chi connectivity index (χ1n) is 10.6. The van der Waals surface area contributed by atoms with Gasteiger partial charge in [-0.3, -0.25) is 4.79 Å². The van der Waals surface area contributed by atoms with E-state index in [1.54, 1.807) is 61.7 Å². The second-order valence-corrected chi connectivity index (χ2v) is 9.85. The second-order valence-electron chi connectivity index (χ2n) is 8.04. The van der Waals surface area contributed by atoms with Gasteiger partial charge in [0.05, 0.1) is 17.7 Å². The molecule has 0 N–H and O–H groups in total. The van der Waals surface area contributed by atoms with Gasteiger partial charge >= 0.3 is 0 Å². The highest BCUT2D eigenvalue weighted by molar-refractivity contribution is 7.93. The highest BCUT2D eigenvalue weighted by Crippen LogP contribution is 2.32. The molecule has 0 atom stereocenters. The van der Waals surface area contributed by atoms with E-state index in [2.05, 4.69) is 0 Å². The molecule has 0 heterocycles. The molecule has 0 saturated carbocycles. The van der Waals surface area contributed by atoms with Gasteiger partial charge in [0.25, 0.3) is 10.0 Å². The van der Waals surface area contributed by atoms with Crippen molar-refractivity contribution >= 4 is 27.1 Å². The summed E-state index contributed by atoms with van der Waals surface area (Å²) in [7, 11) is -2.35. The average Bonchev–Trinajstić information content (AvgIpc) is 3.18. The zero-order valence-corrected chi connectivity index (χ0v) is 19.6. The van der Waals surface area contributed by atoms with Crippen LogP contribution in [0, 0.1) is 13.8 Å². The predicted octanol–water partition coefficient (Wildman–Crippen LogP) is 5.45. The first-order valence-corrected chi connectivity index (χ1v) is 12.0. The number of carbonyl (C=O) groups is 1. The Morgan fingerprint density at radius 1 is 0.848 bits per heavy atom. The van der Waals surface area contributed by atoms with Crippen molar-refractivity contribution in [2.75, 3.05) is 11.4 Å². The van der Waals surface area contributed by atoms with Crippen molar-refractivity contribution in [3.05, 3.63) is 107 Å². The Hall–Kier alpha value is -3.64. The third-order valence-corrected chi connectivity index (χ3v) is 7.25. The molecule has 5 nitrogen and oxygen atoms in total. The summed E-state index contributed by atoms with van der Waals surface area (Å²) >= 11 is 0. The molecule has 6 heteroatoms. The van der Waals surface area contributed by atoms with Crippen LogP contribution in [-0.4, -0.2) is 21.3 Å². The summed E-state index contributed by atoms with van der Waals surface area (Å²) in [5.74, 6) is 0.587. The van der Waals surface area contributed by atoms with Crippen molar-refractivity contribution in [3.8, 4) is 5.75 Å². The van der Waals surface area contributed by atoms with E-state index in [-0.39, 0.29) is 17.1 Å². The Morgan fingerprint density at radius 3 is 2.00 bits per heavy atom. The van der Waals surface area contributed by atoms with Crippen molar-refractivity contribution in [2.45, 2.75) is 25.2 Å². The van der Waals surface area contributed by atoms with E-state index in [4.69, 9.17) is 4.74 Å². The van der Waals surface area contributed by atoms with Crippen LogP contribution in [0.25, 0.3) is 5.57 Å². The van der Waals surface area contributed by atoms with E-state index in [1.165, 1.54) is 10.5 Å². The van der Waals surface area contributed by atoms with E-state index < -0.39 is 10.0 Å². The van der Waals surface area contributed by atoms with Crippen LogP contribution in [0.3, 0.4) is 0 Å². The maximum atomic E-state index is 13.6. The highest BCUT2D eigenvalue weighted by Gasteiger charge is 2.27. The van der Waals surface area contributed by atoms with Crippen molar-refractivity contribution in [1.82, 2.24) is 0 Å². The van der Waals surface area contributed by atoms with Gasteiger partial charge in [0.2, 0.25) is 0 Å². The van der Waals surface area contributed by atoms with E-state index in [0.29, 0.717) is 22.6 Å². The first kappa shape index (κ1) is 22.6. The molecule has 4 rings (SSSR count). The topological polar surface area (TPSA) is 63.7 Å². The molecule has 0 fully saturated rings. The van der Waals surface area contributed by atoms with Crippen molar-refractivity contribution in [1.29, 1.82) is 0 Å². The standard InChI is InChI=1S/C27H25NO4S/c1-19-4-8-22(9-5-19)26-16-21(17-27(26)29)18-28(23-10-12-24(32-3)13-11-23)33(30,31)25-14-6-20(2)7-15-25/h4-16,18H,17H2,1-3H3/b21-18-. The minimum absolute atomic E-state index is 0.0347. The van der Waals surface area contributed by atoms with Crippen LogP contribution in [0.15, 0.2) is 95.5 Å². The second kappa shape index (κ2) is 9.08. The minimum atomic E-state index is -3.91. The molecule has 0 bridgehead atoms. The van der Waals surface area contributed by atoms with Gasteiger partial charge in [-0.2, -0.15) is 0 Å². The molecule has 1 aliphatic rings. The smallest absolute Gasteiger partial charge is 0.268 e. The van der Waals surface area contributed by atoms with Crippen LogP contribution in [-0.2, 0) is 14.8 Å². The fourth-order valence-electron chi connectivity index (χ4n) is 3.64.